The normalized spacial score (nSPS) is 17.2. The second-order valence-electron chi connectivity index (χ2n) is 9.52. The van der Waals surface area contributed by atoms with E-state index in [0.717, 1.165) is 10.9 Å². The lowest BCUT2D eigenvalue weighted by Gasteiger charge is -2.21. The molecule has 42 heavy (non-hydrogen) atoms. The summed E-state index contributed by atoms with van der Waals surface area (Å²) in [5.41, 5.74) is 9.79. The second-order valence-corrected chi connectivity index (χ2v) is 10.7. The maximum Gasteiger partial charge on any atom is 0.413 e. The van der Waals surface area contributed by atoms with Crippen LogP contribution in [0.1, 0.15) is 46.6 Å². The predicted octanol–water partition coefficient (Wildman–Crippen LogP) is 1.29. The Kier molecular flexibility index (Phi) is 14.9. The molecule has 1 fully saturated rings. The van der Waals surface area contributed by atoms with Crippen LogP contribution in [-0.4, -0.2) is 83.8 Å². The van der Waals surface area contributed by atoms with Crippen LogP contribution in [0.25, 0.3) is 5.57 Å². The number of carbonyl (C=O) groups is 4. The number of nitrogens with one attached hydrogen (secondary N) is 1. The molecule has 0 aromatic heterocycles. The van der Waals surface area contributed by atoms with Crippen molar-refractivity contribution in [1.29, 1.82) is 0 Å². The summed E-state index contributed by atoms with van der Waals surface area (Å²) < 4.78 is 45.0. The van der Waals surface area contributed by atoms with Gasteiger partial charge >= 0.3 is 12.1 Å². The Bertz CT molecular complexity index is 1180. The molecule has 2 aliphatic heterocycles. The number of primary amides is 1. The second kappa shape index (κ2) is 17.3. The highest BCUT2D eigenvalue weighted by molar-refractivity contribution is 7.85. The molecule has 3 unspecified atom stereocenters. The Morgan fingerprint density at radius 1 is 1.17 bits per heavy atom. The first kappa shape index (κ1) is 36.3. The fourth-order valence-electron chi connectivity index (χ4n) is 3.27. The molecule has 3 atom stereocenters. The smallest absolute Gasteiger partial charge is 0.413 e. The van der Waals surface area contributed by atoms with E-state index >= 15 is 4.39 Å². The Labute approximate surface area is 246 Å². The van der Waals surface area contributed by atoms with Gasteiger partial charge < -0.3 is 35.7 Å². The first-order valence-corrected chi connectivity index (χ1v) is 14.1. The van der Waals surface area contributed by atoms with E-state index in [2.05, 4.69) is 15.2 Å². The monoisotopic (exact) mass is 617 g/mol. The molecule has 1 saturated heterocycles. The third-order valence-electron chi connectivity index (χ3n) is 5.43. The SMILES string of the molecule is CC(C)CC(=O)OC(C)OC(=O)N1CC=C(c2ccc(O)c(N3CC(=O)NS3=O)c2F)C1.CC(N)C(N)=O.CCOC. The number of nitrogens with zero attached hydrogens (tertiary/aromatic N) is 2. The fraction of sp³-hybridized carbons (Fsp3) is 0.538. The third kappa shape index (κ3) is 11.3. The van der Waals surface area contributed by atoms with Gasteiger partial charge in [-0.05, 0) is 37.5 Å². The number of methoxy groups -OCH3 is 1. The summed E-state index contributed by atoms with van der Waals surface area (Å²) in [6, 6.07) is 2.05. The van der Waals surface area contributed by atoms with Gasteiger partial charge in [-0.2, -0.15) is 0 Å². The molecule has 0 aliphatic carbocycles. The summed E-state index contributed by atoms with van der Waals surface area (Å²) in [4.78, 5) is 46.6. The molecule has 3 rings (SSSR count). The summed E-state index contributed by atoms with van der Waals surface area (Å²) in [6.07, 6.45) is -0.0101. The van der Waals surface area contributed by atoms with Crippen molar-refractivity contribution in [3.63, 3.8) is 0 Å². The zero-order chi connectivity index (χ0) is 32.1. The number of hydrogen-bond acceptors (Lipinski definition) is 10. The van der Waals surface area contributed by atoms with Gasteiger partial charge in [-0.15, -0.1) is 0 Å². The minimum Gasteiger partial charge on any atom is -0.506 e. The number of amides is 3. The molecular formula is C26H40FN5O9S. The van der Waals surface area contributed by atoms with E-state index in [-0.39, 0.29) is 43.2 Å². The van der Waals surface area contributed by atoms with Crippen molar-refractivity contribution in [3.8, 4) is 5.75 Å². The highest BCUT2D eigenvalue weighted by Crippen LogP contribution is 2.37. The Balaban J connectivity index is 0.000000760. The molecule has 0 radical (unpaired) electrons. The van der Waals surface area contributed by atoms with E-state index in [1.54, 1.807) is 20.1 Å². The lowest BCUT2D eigenvalue weighted by Crippen LogP contribution is -2.33. The number of phenolic OH excluding ortho intramolecular Hbond substituents is 1. The molecule has 0 spiro atoms. The zero-order valence-electron chi connectivity index (χ0n) is 24.5. The number of carbonyl (C=O) groups excluding carboxylic acids is 4. The van der Waals surface area contributed by atoms with Crippen LogP contribution in [-0.2, 0) is 39.8 Å². The van der Waals surface area contributed by atoms with Crippen molar-refractivity contribution in [2.45, 2.75) is 53.4 Å². The van der Waals surface area contributed by atoms with Gasteiger partial charge in [0.1, 0.15) is 18.0 Å². The number of nitrogens with two attached hydrogens (primary N) is 2. The van der Waals surface area contributed by atoms with Crippen LogP contribution in [0.2, 0.25) is 0 Å². The van der Waals surface area contributed by atoms with Gasteiger partial charge in [-0.25, -0.2) is 13.4 Å². The van der Waals surface area contributed by atoms with Gasteiger partial charge in [-0.1, -0.05) is 19.9 Å². The van der Waals surface area contributed by atoms with Crippen molar-refractivity contribution in [2.24, 2.45) is 17.4 Å². The zero-order valence-corrected chi connectivity index (χ0v) is 25.4. The van der Waals surface area contributed by atoms with Crippen LogP contribution in [0.15, 0.2) is 18.2 Å². The third-order valence-corrected chi connectivity index (χ3v) is 6.55. The van der Waals surface area contributed by atoms with Crippen LogP contribution in [0.4, 0.5) is 14.9 Å². The molecule has 3 amide bonds. The molecular weight excluding hydrogens is 577 g/mol. The minimum atomic E-state index is -2.01. The molecule has 1 aromatic rings. The lowest BCUT2D eigenvalue weighted by molar-refractivity contribution is -0.166. The summed E-state index contributed by atoms with van der Waals surface area (Å²) in [5.74, 6) is -2.74. The number of hydrogen-bond donors (Lipinski definition) is 4. The van der Waals surface area contributed by atoms with Crippen LogP contribution in [0.5, 0.6) is 5.75 Å². The van der Waals surface area contributed by atoms with Crippen LogP contribution < -0.4 is 20.5 Å². The van der Waals surface area contributed by atoms with Gasteiger partial charge in [0.05, 0.1) is 6.04 Å². The number of phenols is 1. The Hall–Kier alpha value is -3.76. The average Bonchev–Trinajstić information content (AvgIpc) is 3.50. The topological polar surface area (TPSA) is 204 Å². The van der Waals surface area contributed by atoms with Gasteiger partial charge in [0.25, 0.3) is 5.91 Å². The highest BCUT2D eigenvalue weighted by atomic mass is 32.2. The minimum absolute atomic E-state index is 0.00684. The summed E-state index contributed by atoms with van der Waals surface area (Å²) in [5, 5.41) is 10.1. The number of rotatable bonds is 8. The molecule has 14 nitrogen and oxygen atoms in total. The molecule has 2 aliphatic rings. The summed E-state index contributed by atoms with van der Waals surface area (Å²) >= 11 is -2.01. The summed E-state index contributed by atoms with van der Waals surface area (Å²) in [7, 11) is 1.68. The van der Waals surface area contributed by atoms with E-state index in [9.17, 15) is 28.5 Å². The van der Waals surface area contributed by atoms with E-state index in [4.69, 9.17) is 15.2 Å². The predicted molar refractivity (Wildman–Crippen MR) is 153 cm³/mol. The number of ether oxygens (including phenoxy) is 3. The van der Waals surface area contributed by atoms with E-state index < -0.39 is 58.9 Å². The standard InChI is InChI=1S/C20H24FN3O7S.C3H8N2O.C3H8O/c1-11(2)8-17(27)30-12(3)31-20(28)23-7-6-13(9-23)14-4-5-15(25)19(18(14)21)24-10-16(26)22-32(24)29;1-2(4)3(5)6;1-3-4-2/h4-6,11-12,25H,7-10H2,1-3H3,(H,22,26);2H,4H2,1H3,(H2,5,6);3H2,1-2H3. The van der Waals surface area contributed by atoms with Gasteiger partial charge in [0, 0.05) is 45.7 Å². The van der Waals surface area contributed by atoms with Crippen LogP contribution in [0.3, 0.4) is 0 Å². The summed E-state index contributed by atoms with van der Waals surface area (Å²) in [6.45, 7) is 9.24. The first-order valence-electron chi connectivity index (χ1n) is 13.0. The molecule has 2 heterocycles. The Morgan fingerprint density at radius 3 is 2.24 bits per heavy atom. The number of benzene rings is 1. The van der Waals surface area contributed by atoms with Crippen molar-refractivity contribution in [1.82, 2.24) is 9.62 Å². The fourth-order valence-corrected chi connectivity index (χ4v) is 4.22. The van der Waals surface area contributed by atoms with E-state index in [1.165, 1.54) is 24.0 Å². The molecule has 6 N–H and O–H groups in total. The first-order chi connectivity index (χ1) is 19.6. The van der Waals surface area contributed by atoms with Gasteiger partial charge in [-0.3, -0.25) is 23.4 Å². The molecule has 16 heteroatoms. The van der Waals surface area contributed by atoms with E-state index in [0.29, 0.717) is 5.57 Å². The van der Waals surface area contributed by atoms with Crippen molar-refractivity contribution >= 4 is 46.3 Å². The van der Waals surface area contributed by atoms with Crippen LogP contribution in [0, 0.1) is 11.7 Å². The average molecular weight is 618 g/mol. The molecule has 236 valence electrons. The molecule has 0 saturated carbocycles. The quantitative estimate of drug-likeness (QED) is 0.243. The maximum absolute atomic E-state index is 15.2. The van der Waals surface area contributed by atoms with Crippen molar-refractivity contribution in [3.05, 3.63) is 29.6 Å². The van der Waals surface area contributed by atoms with Crippen molar-refractivity contribution < 1.29 is 47.1 Å². The number of esters is 1. The number of halogens is 1. The van der Waals surface area contributed by atoms with Gasteiger partial charge in [0.15, 0.2) is 5.82 Å². The number of anilines is 1. The van der Waals surface area contributed by atoms with Gasteiger partial charge in [0.2, 0.25) is 23.4 Å². The number of aromatic hydroxyl groups is 1. The van der Waals surface area contributed by atoms with E-state index in [1.807, 2.05) is 20.8 Å². The Morgan fingerprint density at radius 2 is 1.76 bits per heavy atom. The van der Waals surface area contributed by atoms with Crippen LogP contribution >= 0.6 is 0 Å². The maximum atomic E-state index is 15.2. The lowest BCUT2D eigenvalue weighted by atomic mass is 10.0. The molecule has 1 aromatic carbocycles. The highest BCUT2D eigenvalue weighted by Gasteiger charge is 2.33. The largest absolute Gasteiger partial charge is 0.506 e. The molecule has 0 bridgehead atoms. The van der Waals surface area contributed by atoms with Crippen molar-refractivity contribution in [2.75, 3.05) is 37.7 Å².